The average molecular weight is 275 g/mol. The van der Waals surface area contributed by atoms with Gasteiger partial charge in [0.1, 0.15) is 6.04 Å². The first-order valence-corrected chi connectivity index (χ1v) is 7.59. The van der Waals surface area contributed by atoms with Crippen LogP contribution in [0.4, 0.5) is 0 Å². The smallest absolute Gasteiger partial charge is 0.320 e. The van der Waals surface area contributed by atoms with E-state index in [1.165, 1.54) is 5.56 Å². The maximum atomic E-state index is 11.3. The summed E-state index contributed by atoms with van der Waals surface area (Å²) in [7, 11) is 0. The number of aliphatic carboxylic acids is 1. The normalized spacial score (nSPS) is 21.2. The summed E-state index contributed by atoms with van der Waals surface area (Å²) < 4.78 is 0. The monoisotopic (exact) mass is 275 g/mol. The van der Waals surface area contributed by atoms with Crippen LogP contribution in [0.1, 0.15) is 44.6 Å². The molecule has 0 saturated carbocycles. The van der Waals surface area contributed by atoms with Gasteiger partial charge in [0.05, 0.1) is 0 Å². The summed E-state index contributed by atoms with van der Waals surface area (Å²) in [6.45, 7) is 6.24. The number of carbonyl (C=O) groups is 1. The molecule has 3 heteroatoms. The molecule has 2 atom stereocenters. The van der Waals surface area contributed by atoms with Crippen molar-refractivity contribution in [1.29, 1.82) is 0 Å². The Hall–Kier alpha value is -1.35. The number of benzene rings is 1. The minimum absolute atomic E-state index is 0.284. The number of rotatable bonds is 6. The highest BCUT2D eigenvalue weighted by Gasteiger charge is 2.32. The number of nitrogens with zero attached hydrogens (tertiary/aromatic N) is 1. The molecule has 1 fully saturated rings. The molecule has 0 aromatic heterocycles. The van der Waals surface area contributed by atoms with Crippen molar-refractivity contribution in [2.24, 2.45) is 5.92 Å². The number of hydrogen-bond donors (Lipinski definition) is 1. The van der Waals surface area contributed by atoms with Gasteiger partial charge in [0.25, 0.3) is 0 Å². The summed E-state index contributed by atoms with van der Waals surface area (Å²) in [6.07, 6.45) is 2.89. The Morgan fingerprint density at radius 2 is 2.05 bits per heavy atom. The lowest BCUT2D eigenvalue weighted by atomic mass is 9.89. The molecule has 0 bridgehead atoms. The highest BCUT2D eigenvalue weighted by Crippen LogP contribution is 2.28. The average Bonchev–Trinajstić information content (AvgIpc) is 2.87. The Morgan fingerprint density at radius 1 is 1.35 bits per heavy atom. The number of carboxylic acid groups (broad SMARTS) is 1. The predicted molar refractivity (Wildman–Crippen MR) is 80.9 cm³/mol. The third-order valence-corrected chi connectivity index (χ3v) is 4.13. The molecular formula is C17H25NO2. The molecule has 3 nitrogen and oxygen atoms in total. The largest absolute Gasteiger partial charge is 0.480 e. The Bertz CT molecular complexity index is 430. The molecule has 1 saturated heterocycles. The van der Waals surface area contributed by atoms with Gasteiger partial charge in [-0.25, -0.2) is 0 Å². The van der Waals surface area contributed by atoms with E-state index in [4.69, 9.17) is 0 Å². The molecule has 0 amide bonds. The highest BCUT2D eigenvalue weighted by atomic mass is 16.4. The topological polar surface area (TPSA) is 40.5 Å². The van der Waals surface area contributed by atoms with E-state index < -0.39 is 5.97 Å². The Balaban J connectivity index is 2.10. The van der Waals surface area contributed by atoms with Gasteiger partial charge in [-0.1, -0.05) is 44.2 Å². The highest BCUT2D eigenvalue weighted by molar-refractivity contribution is 5.73. The zero-order valence-corrected chi connectivity index (χ0v) is 12.5. The summed E-state index contributed by atoms with van der Waals surface area (Å²) in [5, 5.41) is 9.31. The van der Waals surface area contributed by atoms with Gasteiger partial charge in [-0.3, -0.25) is 9.69 Å². The zero-order valence-electron chi connectivity index (χ0n) is 12.5. The second kappa shape index (κ2) is 6.89. The molecule has 1 aromatic carbocycles. The van der Waals surface area contributed by atoms with E-state index in [-0.39, 0.29) is 6.04 Å². The molecule has 0 aliphatic carbocycles. The van der Waals surface area contributed by atoms with Crippen LogP contribution >= 0.6 is 0 Å². The molecule has 2 rings (SSSR count). The molecule has 1 aliphatic heterocycles. The quantitative estimate of drug-likeness (QED) is 0.865. The van der Waals surface area contributed by atoms with Crippen molar-refractivity contribution in [1.82, 2.24) is 4.90 Å². The SMILES string of the molecule is CC(C)CC(CN1CCCC1C(=O)O)c1ccccc1. The van der Waals surface area contributed by atoms with E-state index in [1.807, 2.05) is 6.07 Å². The fourth-order valence-corrected chi connectivity index (χ4v) is 3.22. The zero-order chi connectivity index (χ0) is 14.5. The van der Waals surface area contributed by atoms with Crippen LogP contribution in [-0.2, 0) is 4.79 Å². The van der Waals surface area contributed by atoms with Crippen LogP contribution in [0.3, 0.4) is 0 Å². The second-order valence-corrected chi connectivity index (χ2v) is 6.23. The minimum atomic E-state index is -0.668. The van der Waals surface area contributed by atoms with Crippen LogP contribution < -0.4 is 0 Å². The van der Waals surface area contributed by atoms with Crippen LogP contribution in [0.5, 0.6) is 0 Å². The summed E-state index contributed by atoms with van der Waals surface area (Å²) >= 11 is 0. The second-order valence-electron chi connectivity index (χ2n) is 6.23. The van der Waals surface area contributed by atoms with E-state index in [2.05, 4.69) is 43.0 Å². The van der Waals surface area contributed by atoms with Gasteiger partial charge in [-0.2, -0.15) is 0 Å². The Kier molecular flexibility index (Phi) is 5.18. The fraction of sp³-hybridized carbons (Fsp3) is 0.588. The lowest BCUT2D eigenvalue weighted by Gasteiger charge is -2.28. The van der Waals surface area contributed by atoms with Crippen molar-refractivity contribution in [3.05, 3.63) is 35.9 Å². The molecule has 0 spiro atoms. The van der Waals surface area contributed by atoms with Gasteiger partial charge in [0.2, 0.25) is 0 Å². The van der Waals surface area contributed by atoms with E-state index in [0.29, 0.717) is 11.8 Å². The van der Waals surface area contributed by atoms with Crippen molar-refractivity contribution < 1.29 is 9.90 Å². The molecular weight excluding hydrogens is 250 g/mol. The van der Waals surface area contributed by atoms with Crippen LogP contribution in [0.25, 0.3) is 0 Å². The first-order chi connectivity index (χ1) is 9.58. The lowest BCUT2D eigenvalue weighted by Crippen LogP contribution is -2.38. The fourth-order valence-electron chi connectivity index (χ4n) is 3.22. The molecule has 1 N–H and O–H groups in total. The molecule has 1 heterocycles. The predicted octanol–water partition coefficient (Wildman–Crippen LogP) is 3.37. The molecule has 2 unspecified atom stereocenters. The van der Waals surface area contributed by atoms with Crippen LogP contribution in [0.15, 0.2) is 30.3 Å². The molecule has 0 radical (unpaired) electrons. The third-order valence-electron chi connectivity index (χ3n) is 4.13. The molecule has 20 heavy (non-hydrogen) atoms. The van der Waals surface area contributed by atoms with Crippen LogP contribution in [0, 0.1) is 5.92 Å². The van der Waals surface area contributed by atoms with E-state index >= 15 is 0 Å². The summed E-state index contributed by atoms with van der Waals surface area (Å²) in [5.74, 6) is 0.376. The molecule has 1 aliphatic rings. The maximum absolute atomic E-state index is 11.3. The van der Waals surface area contributed by atoms with Gasteiger partial charge in [0.15, 0.2) is 0 Å². The third kappa shape index (κ3) is 3.83. The first kappa shape index (κ1) is 15.0. The summed E-state index contributed by atoms with van der Waals surface area (Å²) in [6, 6.07) is 10.2. The van der Waals surface area contributed by atoms with Crippen molar-refractivity contribution in [3.8, 4) is 0 Å². The van der Waals surface area contributed by atoms with E-state index in [9.17, 15) is 9.90 Å². The van der Waals surface area contributed by atoms with Crippen molar-refractivity contribution >= 4 is 5.97 Å². The summed E-state index contributed by atoms with van der Waals surface area (Å²) in [5.41, 5.74) is 1.33. The lowest BCUT2D eigenvalue weighted by molar-refractivity contribution is -0.142. The van der Waals surface area contributed by atoms with Crippen molar-refractivity contribution in [3.63, 3.8) is 0 Å². The Labute approximate surface area is 121 Å². The van der Waals surface area contributed by atoms with Crippen molar-refractivity contribution in [2.45, 2.75) is 45.1 Å². The number of likely N-dealkylation sites (tertiary alicyclic amines) is 1. The first-order valence-electron chi connectivity index (χ1n) is 7.59. The summed E-state index contributed by atoms with van der Waals surface area (Å²) in [4.78, 5) is 13.5. The number of carboxylic acids is 1. The van der Waals surface area contributed by atoms with Gasteiger partial charge >= 0.3 is 5.97 Å². The molecule has 110 valence electrons. The van der Waals surface area contributed by atoms with Crippen molar-refractivity contribution in [2.75, 3.05) is 13.1 Å². The van der Waals surface area contributed by atoms with E-state index in [0.717, 1.165) is 32.4 Å². The van der Waals surface area contributed by atoms with E-state index in [1.54, 1.807) is 0 Å². The van der Waals surface area contributed by atoms with Gasteiger partial charge in [0, 0.05) is 6.54 Å². The standard InChI is InChI=1S/C17H25NO2/c1-13(2)11-15(14-7-4-3-5-8-14)12-18-10-6-9-16(18)17(19)20/h3-5,7-8,13,15-16H,6,9-12H2,1-2H3,(H,19,20). The number of hydrogen-bond acceptors (Lipinski definition) is 2. The Morgan fingerprint density at radius 3 is 2.65 bits per heavy atom. The van der Waals surface area contributed by atoms with Crippen LogP contribution in [0.2, 0.25) is 0 Å². The maximum Gasteiger partial charge on any atom is 0.320 e. The van der Waals surface area contributed by atoms with Gasteiger partial charge < -0.3 is 5.11 Å². The van der Waals surface area contributed by atoms with Gasteiger partial charge in [-0.05, 0) is 43.2 Å². The molecule has 1 aromatic rings. The van der Waals surface area contributed by atoms with Gasteiger partial charge in [-0.15, -0.1) is 0 Å². The minimum Gasteiger partial charge on any atom is -0.480 e. The van der Waals surface area contributed by atoms with Crippen LogP contribution in [-0.4, -0.2) is 35.1 Å².